The Bertz CT molecular complexity index is 1270. The van der Waals surface area contributed by atoms with Crippen LogP contribution in [0.1, 0.15) is 5.56 Å². The Labute approximate surface area is 200 Å². The normalized spacial score (nSPS) is 10.9. The molecule has 0 aliphatic carbocycles. The van der Waals surface area contributed by atoms with Crippen LogP contribution >= 0.6 is 35.4 Å². The Morgan fingerprint density at radius 1 is 1.06 bits per heavy atom. The van der Waals surface area contributed by atoms with Gasteiger partial charge >= 0.3 is 0 Å². The van der Waals surface area contributed by atoms with E-state index in [9.17, 15) is 4.39 Å². The zero-order valence-electron chi connectivity index (χ0n) is 17.1. The van der Waals surface area contributed by atoms with Crippen molar-refractivity contribution in [2.24, 2.45) is 0 Å². The monoisotopic (exact) mass is 487 g/mol. The van der Waals surface area contributed by atoms with Crippen LogP contribution in [0.25, 0.3) is 22.2 Å². The van der Waals surface area contributed by atoms with E-state index < -0.39 is 0 Å². The summed E-state index contributed by atoms with van der Waals surface area (Å²) in [6.45, 7) is 0.572. The molecule has 0 fully saturated rings. The maximum atomic E-state index is 13.5. The lowest BCUT2D eigenvalue weighted by Crippen LogP contribution is -2.30. The van der Waals surface area contributed by atoms with Gasteiger partial charge in [0.05, 0.1) is 22.8 Å². The van der Waals surface area contributed by atoms with Crippen molar-refractivity contribution in [3.05, 3.63) is 82.1 Å². The topological polar surface area (TPSA) is 49.1 Å². The Morgan fingerprint density at radius 2 is 1.78 bits per heavy atom. The number of ether oxygens (including phenoxy) is 1. The second kappa shape index (κ2) is 9.77. The van der Waals surface area contributed by atoms with Crippen LogP contribution in [-0.4, -0.2) is 23.8 Å². The van der Waals surface area contributed by atoms with E-state index in [0.717, 1.165) is 33.4 Å². The number of H-pyrrole nitrogens is 1. The van der Waals surface area contributed by atoms with Crippen molar-refractivity contribution in [2.45, 2.75) is 6.42 Å². The van der Waals surface area contributed by atoms with Gasteiger partial charge in [-0.1, -0.05) is 35.3 Å². The van der Waals surface area contributed by atoms with Gasteiger partial charge in [-0.3, -0.25) is 0 Å². The highest BCUT2D eigenvalue weighted by molar-refractivity contribution is 7.80. The molecule has 32 heavy (non-hydrogen) atoms. The number of nitrogens with one attached hydrogen (secondary N) is 3. The molecular formula is C24H20Cl2FN3OS. The van der Waals surface area contributed by atoms with Crippen LogP contribution in [0.4, 0.5) is 10.1 Å². The summed E-state index contributed by atoms with van der Waals surface area (Å²) in [5.41, 5.74) is 4.46. The highest BCUT2D eigenvalue weighted by Crippen LogP contribution is 2.35. The van der Waals surface area contributed by atoms with E-state index in [4.69, 9.17) is 40.2 Å². The molecule has 4 rings (SSSR count). The first kappa shape index (κ1) is 22.4. The first-order valence-electron chi connectivity index (χ1n) is 9.89. The number of aromatic nitrogens is 1. The van der Waals surface area contributed by atoms with Gasteiger partial charge < -0.3 is 20.4 Å². The third-order valence-corrected chi connectivity index (χ3v) is 6.06. The number of hydrogen-bond acceptors (Lipinski definition) is 2. The average Bonchev–Trinajstić information content (AvgIpc) is 3.12. The van der Waals surface area contributed by atoms with E-state index in [2.05, 4.69) is 15.6 Å². The number of rotatable bonds is 6. The van der Waals surface area contributed by atoms with Gasteiger partial charge in [-0.25, -0.2) is 4.39 Å². The summed E-state index contributed by atoms with van der Waals surface area (Å²) >= 11 is 17.9. The fourth-order valence-electron chi connectivity index (χ4n) is 3.58. The molecule has 0 bridgehead atoms. The zero-order valence-corrected chi connectivity index (χ0v) is 19.5. The Hall–Kier alpha value is -2.80. The van der Waals surface area contributed by atoms with Crippen LogP contribution in [0.3, 0.4) is 0 Å². The Balaban J connectivity index is 1.56. The molecule has 0 aliphatic rings. The zero-order chi connectivity index (χ0) is 22.7. The predicted octanol–water partition coefficient (Wildman–Crippen LogP) is 6.82. The van der Waals surface area contributed by atoms with Crippen molar-refractivity contribution >= 4 is 57.1 Å². The first-order valence-corrected chi connectivity index (χ1v) is 11.1. The number of anilines is 1. The molecule has 4 aromatic rings. The average molecular weight is 488 g/mol. The number of thiocarbonyl (C=S) groups is 1. The van der Waals surface area contributed by atoms with Crippen molar-refractivity contribution in [1.82, 2.24) is 10.3 Å². The van der Waals surface area contributed by atoms with Crippen molar-refractivity contribution in [1.29, 1.82) is 0 Å². The van der Waals surface area contributed by atoms with E-state index in [-0.39, 0.29) is 5.82 Å². The van der Waals surface area contributed by atoms with Crippen LogP contribution in [0.5, 0.6) is 5.75 Å². The highest BCUT2D eigenvalue weighted by atomic mass is 35.5. The number of methoxy groups -OCH3 is 1. The fourth-order valence-corrected chi connectivity index (χ4v) is 4.12. The lowest BCUT2D eigenvalue weighted by molar-refractivity contribution is 0.417. The van der Waals surface area contributed by atoms with Crippen LogP contribution in [0.15, 0.2) is 60.7 Å². The molecule has 0 unspecified atom stereocenters. The molecule has 0 aliphatic heterocycles. The van der Waals surface area contributed by atoms with Crippen LogP contribution in [-0.2, 0) is 6.42 Å². The van der Waals surface area contributed by atoms with Crippen molar-refractivity contribution in [2.75, 3.05) is 19.0 Å². The lowest BCUT2D eigenvalue weighted by atomic mass is 10.0. The lowest BCUT2D eigenvalue weighted by Gasteiger charge is -2.13. The standard InChI is InChI=1S/C24H20Cl2FN3OS/c1-31-22-5-3-2-4-20(22)30-24(32)28-11-10-16-17-12-18(25)19(26)13-21(17)29-23(16)14-6-8-15(27)9-7-14/h2-9,12-13,29H,10-11H2,1H3,(H2,28,30,32). The summed E-state index contributed by atoms with van der Waals surface area (Å²) in [4.78, 5) is 3.40. The molecule has 0 saturated heterocycles. The van der Waals surface area contributed by atoms with E-state index in [1.807, 2.05) is 30.3 Å². The molecule has 164 valence electrons. The number of fused-ring (bicyclic) bond motifs is 1. The van der Waals surface area contributed by atoms with E-state index in [0.29, 0.717) is 33.9 Å². The summed E-state index contributed by atoms with van der Waals surface area (Å²) in [5, 5.41) is 8.78. The second-order valence-electron chi connectivity index (χ2n) is 7.13. The number of hydrogen-bond donors (Lipinski definition) is 3. The minimum atomic E-state index is -0.285. The number of benzene rings is 3. The van der Waals surface area contributed by atoms with E-state index in [1.165, 1.54) is 12.1 Å². The summed E-state index contributed by atoms with van der Waals surface area (Å²) < 4.78 is 18.8. The van der Waals surface area contributed by atoms with Gasteiger partial charge in [0.15, 0.2) is 5.11 Å². The van der Waals surface area contributed by atoms with Crippen LogP contribution < -0.4 is 15.4 Å². The molecule has 0 amide bonds. The molecule has 8 heteroatoms. The fraction of sp³-hybridized carbons (Fsp3) is 0.125. The van der Waals surface area contributed by atoms with Gasteiger partial charge in [-0.15, -0.1) is 0 Å². The van der Waals surface area contributed by atoms with Crippen molar-refractivity contribution in [3.8, 4) is 17.0 Å². The first-order chi connectivity index (χ1) is 15.5. The van der Waals surface area contributed by atoms with Gasteiger partial charge in [0, 0.05) is 23.1 Å². The van der Waals surface area contributed by atoms with Gasteiger partial charge in [-0.2, -0.15) is 0 Å². The van der Waals surface area contributed by atoms with E-state index >= 15 is 0 Å². The second-order valence-corrected chi connectivity index (χ2v) is 8.35. The van der Waals surface area contributed by atoms with Gasteiger partial charge in [0.1, 0.15) is 11.6 Å². The largest absolute Gasteiger partial charge is 0.495 e. The molecule has 0 spiro atoms. The molecule has 0 saturated carbocycles. The molecule has 1 aromatic heterocycles. The Kier molecular flexibility index (Phi) is 6.84. The summed E-state index contributed by atoms with van der Waals surface area (Å²) in [5.74, 6) is 0.422. The summed E-state index contributed by atoms with van der Waals surface area (Å²) in [7, 11) is 1.61. The molecule has 1 heterocycles. The van der Waals surface area contributed by atoms with Gasteiger partial charge in [-0.05, 0) is 78.3 Å². The van der Waals surface area contributed by atoms with Crippen LogP contribution in [0.2, 0.25) is 10.0 Å². The number of para-hydroxylation sites is 2. The van der Waals surface area contributed by atoms with E-state index in [1.54, 1.807) is 25.3 Å². The van der Waals surface area contributed by atoms with Gasteiger partial charge in [0.2, 0.25) is 0 Å². The smallest absolute Gasteiger partial charge is 0.170 e. The number of aromatic amines is 1. The minimum Gasteiger partial charge on any atom is -0.495 e. The quantitative estimate of drug-likeness (QED) is 0.261. The maximum Gasteiger partial charge on any atom is 0.170 e. The molecule has 4 nitrogen and oxygen atoms in total. The third-order valence-electron chi connectivity index (χ3n) is 5.10. The highest BCUT2D eigenvalue weighted by Gasteiger charge is 2.15. The minimum absolute atomic E-state index is 0.285. The molecule has 0 radical (unpaired) electrons. The van der Waals surface area contributed by atoms with Crippen molar-refractivity contribution < 1.29 is 9.13 Å². The summed E-state index contributed by atoms with van der Waals surface area (Å²) in [6.07, 6.45) is 0.651. The van der Waals surface area contributed by atoms with Gasteiger partial charge in [0.25, 0.3) is 0 Å². The number of halogens is 3. The SMILES string of the molecule is COc1ccccc1NC(=S)NCCc1c(-c2ccc(F)cc2)[nH]c2cc(Cl)c(Cl)cc12. The summed E-state index contributed by atoms with van der Waals surface area (Å²) in [6, 6.07) is 17.6. The molecular weight excluding hydrogens is 468 g/mol. The molecule has 0 atom stereocenters. The maximum absolute atomic E-state index is 13.5. The third kappa shape index (κ3) is 4.83. The Morgan fingerprint density at radius 3 is 2.53 bits per heavy atom. The predicted molar refractivity (Wildman–Crippen MR) is 135 cm³/mol. The van der Waals surface area contributed by atoms with Crippen molar-refractivity contribution in [3.63, 3.8) is 0 Å². The van der Waals surface area contributed by atoms with Crippen LogP contribution in [0, 0.1) is 5.82 Å². The molecule has 3 N–H and O–H groups in total. The molecule has 3 aromatic carbocycles.